The third-order valence-electron chi connectivity index (χ3n) is 3.14. The Morgan fingerprint density at radius 2 is 2.19 bits per heavy atom. The van der Waals surface area contributed by atoms with E-state index >= 15 is 0 Å². The summed E-state index contributed by atoms with van der Waals surface area (Å²) in [6.07, 6.45) is 1.67. The van der Waals surface area contributed by atoms with E-state index in [4.69, 9.17) is 33.7 Å². The molecule has 0 saturated carbocycles. The molecule has 2 heterocycles. The number of thiophene rings is 1. The molecule has 0 aliphatic heterocycles. The molecule has 116 valence electrons. The molecular formula is C13H18Cl2N4OS. The lowest BCUT2D eigenvalue weighted by atomic mass is 10.1. The molecule has 2 rings (SSSR count). The molecule has 0 aliphatic rings. The molecule has 0 aliphatic carbocycles. The molecule has 0 bridgehead atoms. The third-order valence-corrected chi connectivity index (χ3v) is 4.65. The lowest BCUT2D eigenvalue weighted by Crippen LogP contribution is -2.23. The molecule has 0 saturated heterocycles. The van der Waals surface area contributed by atoms with E-state index in [1.807, 2.05) is 18.8 Å². The minimum atomic E-state index is -0.430. The van der Waals surface area contributed by atoms with Crippen molar-refractivity contribution in [2.24, 2.45) is 5.73 Å². The smallest absolute Gasteiger partial charge is 0.161 e. The van der Waals surface area contributed by atoms with Crippen LogP contribution in [0.15, 0.2) is 12.3 Å². The maximum atomic E-state index is 6.37. The van der Waals surface area contributed by atoms with Gasteiger partial charge in [-0.2, -0.15) is 5.10 Å². The van der Waals surface area contributed by atoms with E-state index in [1.165, 1.54) is 11.3 Å². The summed E-state index contributed by atoms with van der Waals surface area (Å²) in [5.41, 5.74) is 7.96. The van der Waals surface area contributed by atoms with Crippen molar-refractivity contribution in [3.63, 3.8) is 0 Å². The van der Waals surface area contributed by atoms with Gasteiger partial charge in [-0.15, -0.1) is 11.3 Å². The van der Waals surface area contributed by atoms with Gasteiger partial charge in [0.05, 0.1) is 34.6 Å². The number of ether oxygens (including phenoxy) is 1. The van der Waals surface area contributed by atoms with Gasteiger partial charge in [-0.1, -0.05) is 23.2 Å². The fraction of sp³-hybridized carbons (Fsp3) is 0.462. The molecule has 0 aromatic carbocycles. The van der Waals surface area contributed by atoms with Gasteiger partial charge in [-0.3, -0.25) is 4.68 Å². The highest BCUT2D eigenvalue weighted by Crippen LogP contribution is 2.38. The van der Waals surface area contributed by atoms with E-state index in [-0.39, 0.29) is 0 Å². The second-order valence-corrected chi connectivity index (χ2v) is 7.17. The predicted octanol–water partition coefficient (Wildman–Crippen LogP) is 2.87. The summed E-state index contributed by atoms with van der Waals surface area (Å²) in [5.74, 6) is 0.652. The summed E-state index contributed by atoms with van der Waals surface area (Å²) in [5, 5.41) is 4.35. The Kier molecular flexibility index (Phi) is 5.51. The van der Waals surface area contributed by atoms with Gasteiger partial charge < -0.3 is 15.4 Å². The number of aromatic nitrogens is 2. The molecule has 0 fully saturated rings. The highest BCUT2D eigenvalue weighted by Gasteiger charge is 2.23. The van der Waals surface area contributed by atoms with Crippen LogP contribution in [-0.2, 0) is 6.54 Å². The first-order valence-corrected chi connectivity index (χ1v) is 7.96. The number of likely N-dealkylation sites (N-methyl/N-ethyl adjacent to an activating group) is 1. The number of rotatable bonds is 6. The Bertz CT molecular complexity index is 611. The zero-order chi connectivity index (χ0) is 15.6. The summed E-state index contributed by atoms with van der Waals surface area (Å²) in [6.45, 7) is 1.57. The zero-order valence-corrected chi connectivity index (χ0v) is 14.5. The predicted molar refractivity (Wildman–Crippen MR) is 87.7 cm³/mol. The molecule has 0 amide bonds. The fourth-order valence-corrected chi connectivity index (χ4v) is 3.58. The molecule has 2 N–H and O–H groups in total. The van der Waals surface area contributed by atoms with E-state index in [0.717, 1.165) is 24.3 Å². The highest BCUT2D eigenvalue weighted by atomic mass is 35.5. The van der Waals surface area contributed by atoms with Crippen molar-refractivity contribution in [2.75, 3.05) is 27.7 Å². The number of nitrogens with zero attached hydrogens (tertiary/aromatic N) is 3. The first-order valence-electron chi connectivity index (χ1n) is 6.38. The topological polar surface area (TPSA) is 56.3 Å². The summed E-state index contributed by atoms with van der Waals surface area (Å²) in [6, 6.07) is 1.36. The zero-order valence-electron chi connectivity index (χ0n) is 12.1. The number of hydrogen-bond acceptors (Lipinski definition) is 5. The largest absolute Gasteiger partial charge is 0.493 e. The highest BCUT2D eigenvalue weighted by molar-refractivity contribution is 7.20. The lowest BCUT2D eigenvalue weighted by Gasteiger charge is -2.17. The lowest BCUT2D eigenvalue weighted by molar-refractivity contribution is 0.363. The van der Waals surface area contributed by atoms with Gasteiger partial charge in [-0.25, -0.2) is 0 Å². The molecule has 2 aromatic rings. The molecule has 1 unspecified atom stereocenters. The van der Waals surface area contributed by atoms with Gasteiger partial charge >= 0.3 is 0 Å². The van der Waals surface area contributed by atoms with E-state index in [0.29, 0.717) is 14.4 Å². The van der Waals surface area contributed by atoms with E-state index in [1.54, 1.807) is 19.4 Å². The van der Waals surface area contributed by atoms with Crippen LogP contribution in [0.2, 0.25) is 8.67 Å². The number of hydrogen-bond donors (Lipinski definition) is 1. The number of halogens is 2. The Labute approximate surface area is 138 Å². The average molecular weight is 349 g/mol. The van der Waals surface area contributed by atoms with Crippen LogP contribution < -0.4 is 10.5 Å². The van der Waals surface area contributed by atoms with Gasteiger partial charge in [0, 0.05) is 12.1 Å². The first kappa shape index (κ1) is 16.6. The van der Waals surface area contributed by atoms with Crippen LogP contribution in [0.5, 0.6) is 5.75 Å². The summed E-state index contributed by atoms with van der Waals surface area (Å²) in [4.78, 5) is 2.08. The first-order chi connectivity index (χ1) is 9.93. The quantitative estimate of drug-likeness (QED) is 0.871. The maximum absolute atomic E-state index is 6.37. The van der Waals surface area contributed by atoms with E-state index in [2.05, 4.69) is 10.00 Å². The maximum Gasteiger partial charge on any atom is 0.161 e. The van der Waals surface area contributed by atoms with Gasteiger partial charge in [0.25, 0.3) is 0 Å². The Balaban J connectivity index is 2.36. The van der Waals surface area contributed by atoms with Crippen molar-refractivity contribution >= 4 is 34.5 Å². The molecule has 2 aromatic heterocycles. The summed E-state index contributed by atoms with van der Waals surface area (Å²) >= 11 is 13.5. The standard InChI is InChI=1S/C13H18Cl2N4OS/c1-18(2)4-5-19-12(9(20-3)7-17-19)11(16)8-6-10(14)21-13(8)15/h6-7,11H,4-5,16H2,1-3H3. The molecule has 8 heteroatoms. The van der Waals surface area contributed by atoms with Crippen molar-refractivity contribution in [2.45, 2.75) is 12.6 Å². The van der Waals surface area contributed by atoms with Crippen molar-refractivity contribution in [3.05, 3.63) is 32.2 Å². The molecule has 0 radical (unpaired) electrons. The molecule has 21 heavy (non-hydrogen) atoms. The Morgan fingerprint density at radius 3 is 2.71 bits per heavy atom. The van der Waals surface area contributed by atoms with Crippen LogP contribution in [-0.4, -0.2) is 42.4 Å². The van der Waals surface area contributed by atoms with Gasteiger partial charge in [0.2, 0.25) is 0 Å². The molecule has 5 nitrogen and oxygen atoms in total. The van der Waals surface area contributed by atoms with Crippen LogP contribution >= 0.6 is 34.5 Å². The molecule has 0 spiro atoms. The molecular weight excluding hydrogens is 331 g/mol. The number of nitrogens with two attached hydrogens (primary N) is 1. The van der Waals surface area contributed by atoms with Gasteiger partial charge in [0.1, 0.15) is 5.69 Å². The van der Waals surface area contributed by atoms with Crippen molar-refractivity contribution in [1.82, 2.24) is 14.7 Å². The van der Waals surface area contributed by atoms with E-state index in [9.17, 15) is 0 Å². The van der Waals surface area contributed by atoms with Crippen molar-refractivity contribution in [3.8, 4) is 5.75 Å². The SMILES string of the molecule is COc1cnn(CCN(C)C)c1C(N)c1cc(Cl)sc1Cl. The van der Waals surface area contributed by atoms with Crippen molar-refractivity contribution < 1.29 is 4.74 Å². The van der Waals surface area contributed by atoms with E-state index < -0.39 is 6.04 Å². The monoisotopic (exact) mass is 348 g/mol. The number of methoxy groups -OCH3 is 1. The average Bonchev–Trinajstić information content (AvgIpc) is 2.98. The summed E-state index contributed by atoms with van der Waals surface area (Å²) < 4.78 is 8.43. The Hall–Kier alpha value is -0.790. The normalized spacial score (nSPS) is 12.9. The minimum Gasteiger partial charge on any atom is -0.493 e. The van der Waals surface area contributed by atoms with Crippen molar-refractivity contribution in [1.29, 1.82) is 0 Å². The summed E-state index contributed by atoms with van der Waals surface area (Å²) in [7, 11) is 5.62. The van der Waals surface area contributed by atoms with Crippen LogP contribution in [0.3, 0.4) is 0 Å². The third kappa shape index (κ3) is 3.70. The minimum absolute atomic E-state index is 0.430. The molecule has 1 atom stereocenters. The van der Waals surface area contributed by atoms with Crippen LogP contribution in [0.4, 0.5) is 0 Å². The van der Waals surface area contributed by atoms with Crippen LogP contribution in [0.25, 0.3) is 0 Å². The fourth-order valence-electron chi connectivity index (χ4n) is 2.03. The van der Waals surface area contributed by atoms with Crippen LogP contribution in [0, 0.1) is 0 Å². The second-order valence-electron chi connectivity index (χ2n) is 4.88. The second kappa shape index (κ2) is 6.98. The van der Waals surface area contributed by atoms with Gasteiger partial charge in [0.15, 0.2) is 5.75 Å². The Morgan fingerprint density at radius 1 is 1.48 bits per heavy atom. The van der Waals surface area contributed by atoms with Gasteiger partial charge in [-0.05, 0) is 20.2 Å². The van der Waals surface area contributed by atoms with Crippen LogP contribution in [0.1, 0.15) is 17.3 Å².